The van der Waals surface area contributed by atoms with E-state index in [4.69, 9.17) is 5.73 Å². The van der Waals surface area contributed by atoms with Gasteiger partial charge >= 0.3 is 0 Å². The Kier molecular flexibility index (Phi) is 3.55. The van der Waals surface area contributed by atoms with Crippen molar-refractivity contribution in [3.63, 3.8) is 0 Å². The van der Waals surface area contributed by atoms with Gasteiger partial charge in [0.1, 0.15) is 0 Å². The van der Waals surface area contributed by atoms with E-state index < -0.39 is 0 Å². The zero-order chi connectivity index (χ0) is 12.5. The van der Waals surface area contributed by atoms with Gasteiger partial charge in [-0.25, -0.2) is 0 Å². The van der Waals surface area contributed by atoms with Crippen LogP contribution in [0.1, 0.15) is 16.0 Å². The minimum absolute atomic E-state index is 0.267. The number of fused-ring (bicyclic) bond motifs is 1. The summed E-state index contributed by atoms with van der Waals surface area (Å²) in [6.07, 6.45) is 3.28. The number of hydrogen-bond acceptors (Lipinski definition) is 2. The average molecular weight is 322 g/mol. The Labute approximate surface area is 120 Å². The minimum atomic E-state index is 0.267. The Balaban J connectivity index is 1.67. The van der Waals surface area contributed by atoms with E-state index in [1.54, 1.807) is 11.3 Å². The van der Waals surface area contributed by atoms with Crippen LogP contribution in [0.2, 0.25) is 0 Å². The van der Waals surface area contributed by atoms with E-state index in [2.05, 4.69) is 51.6 Å². The molecule has 0 radical (unpaired) electrons. The third-order valence-electron chi connectivity index (χ3n) is 3.75. The fraction of sp³-hybridized carbons (Fsp3) is 0.333. The van der Waals surface area contributed by atoms with Gasteiger partial charge in [-0.1, -0.05) is 24.3 Å². The van der Waals surface area contributed by atoms with Crippen LogP contribution in [0.25, 0.3) is 0 Å². The second-order valence-corrected chi connectivity index (χ2v) is 6.95. The molecule has 1 aromatic heterocycles. The number of hydrogen-bond donors (Lipinski definition) is 1. The fourth-order valence-corrected chi connectivity index (χ4v) is 4.28. The molecule has 3 rings (SSSR count). The molecule has 2 N–H and O–H groups in total. The summed E-state index contributed by atoms with van der Waals surface area (Å²) < 4.78 is 1.17. The van der Waals surface area contributed by atoms with Crippen LogP contribution < -0.4 is 5.73 Å². The number of halogens is 1. The molecule has 0 bridgehead atoms. The molecule has 0 saturated heterocycles. The van der Waals surface area contributed by atoms with Gasteiger partial charge in [0.15, 0.2) is 0 Å². The van der Waals surface area contributed by atoms with Gasteiger partial charge in [-0.2, -0.15) is 0 Å². The summed E-state index contributed by atoms with van der Waals surface area (Å²) in [4.78, 5) is 1.38. The normalized spacial score (nSPS) is 16.8. The van der Waals surface area contributed by atoms with Crippen molar-refractivity contribution in [2.45, 2.75) is 25.3 Å². The van der Waals surface area contributed by atoms with E-state index in [-0.39, 0.29) is 6.04 Å². The van der Waals surface area contributed by atoms with Crippen LogP contribution >= 0.6 is 27.3 Å². The maximum Gasteiger partial charge on any atom is 0.0285 e. The molecule has 0 spiro atoms. The van der Waals surface area contributed by atoms with Crippen molar-refractivity contribution in [1.82, 2.24) is 0 Å². The summed E-state index contributed by atoms with van der Waals surface area (Å²) in [5.41, 5.74) is 9.37. The molecule has 1 aliphatic rings. The van der Waals surface area contributed by atoms with Crippen molar-refractivity contribution in [2.24, 2.45) is 11.7 Å². The first-order chi connectivity index (χ1) is 8.72. The van der Waals surface area contributed by atoms with E-state index >= 15 is 0 Å². The Morgan fingerprint density at radius 1 is 1.28 bits per heavy atom. The summed E-state index contributed by atoms with van der Waals surface area (Å²) in [5, 5.41) is 2.13. The second kappa shape index (κ2) is 5.16. The van der Waals surface area contributed by atoms with Crippen molar-refractivity contribution >= 4 is 27.3 Å². The quantitative estimate of drug-likeness (QED) is 0.914. The molecule has 1 atom stereocenters. The maximum absolute atomic E-state index is 6.39. The average Bonchev–Trinajstić information content (AvgIpc) is 2.95. The largest absolute Gasteiger partial charge is 0.327 e. The maximum atomic E-state index is 6.39. The number of rotatable bonds is 3. The van der Waals surface area contributed by atoms with Crippen LogP contribution in [-0.2, 0) is 19.3 Å². The van der Waals surface area contributed by atoms with Crippen LogP contribution in [0.3, 0.4) is 0 Å². The number of benzene rings is 1. The molecule has 1 unspecified atom stereocenters. The van der Waals surface area contributed by atoms with E-state index in [1.807, 2.05) is 0 Å². The fourth-order valence-electron chi connectivity index (χ4n) is 2.76. The van der Waals surface area contributed by atoms with Gasteiger partial charge in [-0.05, 0) is 58.3 Å². The SMILES string of the molecule is NC(Cc1cc(Br)cs1)C1Cc2ccccc2C1. The highest BCUT2D eigenvalue weighted by Gasteiger charge is 2.26. The van der Waals surface area contributed by atoms with E-state index in [1.165, 1.54) is 20.5 Å². The standard InChI is InChI=1S/C15H16BrNS/c16-13-7-14(18-9-13)8-15(17)12-5-10-3-1-2-4-11(10)6-12/h1-4,7,9,12,15H,5-6,8,17H2. The molecule has 3 heteroatoms. The molecule has 1 heterocycles. The zero-order valence-electron chi connectivity index (χ0n) is 10.1. The van der Waals surface area contributed by atoms with Gasteiger partial charge in [0.2, 0.25) is 0 Å². The summed E-state index contributed by atoms with van der Waals surface area (Å²) >= 11 is 5.29. The van der Waals surface area contributed by atoms with Crippen molar-refractivity contribution in [2.75, 3.05) is 0 Å². The lowest BCUT2D eigenvalue weighted by Crippen LogP contribution is -2.32. The van der Waals surface area contributed by atoms with E-state index in [0.717, 1.165) is 19.3 Å². The highest BCUT2D eigenvalue weighted by molar-refractivity contribution is 9.10. The Bertz CT molecular complexity index is 524. The monoisotopic (exact) mass is 321 g/mol. The van der Waals surface area contributed by atoms with Crippen molar-refractivity contribution in [3.8, 4) is 0 Å². The molecule has 0 fully saturated rings. The lowest BCUT2D eigenvalue weighted by Gasteiger charge is -2.17. The molecular formula is C15H16BrNS. The molecule has 0 amide bonds. The van der Waals surface area contributed by atoms with Crippen molar-refractivity contribution in [1.29, 1.82) is 0 Å². The number of thiophene rings is 1. The molecule has 0 aliphatic heterocycles. The van der Waals surface area contributed by atoms with Gasteiger partial charge in [-0.15, -0.1) is 11.3 Å². The van der Waals surface area contributed by atoms with Gasteiger partial charge in [0.25, 0.3) is 0 Å². The van der Waals surface area contributed by atoms with Crippen molar-refractivity contribution in [3.05, 3.63) is 56.2 Å². The van der Waals surface area contributed by atoms with Gasteiger partial charge in [0.05, 0.1) is 0 Å². The summed E-state index contributed by atoms with van der Waals surface area (Å²) in [6.45, 7) is 0. The lowest BCUT2D eigenvalue weighted by molar-refractivity contribution is 0.439. The van der Waals surface area contributed by atoms with Gasteiger partial charge in [0, 0.05) is 20.8 Å². The van der Waals surface area contributed by atoms with Gasteiger partial charge in [-0.3, -0.25) is 0 Å². The topological polar surface area (TPSA) is 26.0 Å². The van der Waals surface area contributed by atoms with Crippen LogP contribution in [0.5, 0.6) is 0 Å². The molecular weight excluding hydrogens is 306 g/mol. The molecule has 1 aromatic carbocycles. The molecule has 94 valence electrons. The van der Waals surface area contributed by atoms with Crippen LogP contribution in [0, 0.1) is 5.92 Å². The highest BCUT2D eigenvalue weighted by Crippen LogP contribution is 2.30. The summed E-state index contributed by atoms with van der Waals surface area (Å²) in [6, 6.07) is 11.2. The predicted octanol–water partition coefficient (Wildman–Crippen LogP) is 3.80. The van der Waals surface area contributed by atoms with Gasteiger partial charge < -0.3 is 5.73 Å². The molecule has 0 saturated carbocycles. The van der Waals surface area contributed by atoms with E-state index in [9.17, 15) is 0 Å². The van der Waals surface area contributed by atoms with Crippen LogP contribution in [-0.4, -0.2) is 6.04 Å². The first-order valence-electron chi connectivity index (χ1n) is 6.27. The third kappa shape index (κ3) is 2.53. The molecule has 18 heavy (non-hydrogen) atoms. The minimum Gasteiger partial charge on any atom is -0.327 e. The molecule has 1 aliphatic carbocycles. The van der Waals surface area contributed by atoms with E-state index in [0.29, 0.717) is 5.92 Å². The molecule has 2 aromatic rings. The second-order valence-electron chi connectivity index (χ2n) is 5.04. The zero-order valence-corrected chi connectivity index (χ0v) is 12.5. The predicted molar refractivity (Wildman–Crippen MR) is 81.0 cm³/mol. The smallest absolute Gasteiger partial charge is 0.0285 e. The van der Waals surface area contributed by atoms with Crippen LogP contribution in [0.15, 0.2) is 40.2 Å². The highest BCUT2D eigenvalue weighted by atomic mass is 79.9. The first kappa shape index (κ1) is 12.4. The van der Waals surface area contributed by atoms with Crippen molar-refractivity contribution < 1.29 is 0 Å². The summed E-state index contributed by atoms with van der Waals surface area (Å²) in [5.74, 6) is 0.600. The summed E-state index contributed by atoms with van der Waals surface area (Å²) in [7, 11) is 0. The Morgan fingerprint density at radius 3 is 2.50 bits per heavy atom. The first-order valence-corrected chi connectivity index (χ1v) is 7.95. The Morgan fingerprint density at radius 2 is 1.94 bits per heavy atom. The molecule has 1 nitrogen and oxygen atoms in total. The Hall–Kier alpha value is -0.640. The lowest BCUT2D eigenvalue weighted by atomic mass is 9.94. The van der Waals surface area contributed by atoms with Crippen LogP contribution in [0.4, 0.5) is 0 Å². The number of nitrogens with two attached hydrogens (primary N) is 1. The third-order valence-corrected chi connectivity index (χ3v) is 5.47.